The number of halogens is 6. The van der Waals surface area contributed by atoms with Gasteiger partial charge in [-0.25, -0.2) is 9.59 Å². The SMILES string of the molecule is O=C(O)C(F)(F)F.O=C(O)C(F)(F)F.[Ni+2]. The van der Waals surface area contributed by atoms with E-state index in [2.05, 4.69) is 0 Å². The second-order valence-corrected chi connectivity index (χ2v) is 1.61. The van der Waals surface area contributed by atoms with Gasteiger partial charge in [0.15, 0.2) is 0 Å². The van der Waals surface area contributed by atoms with E-state index in [0.717, 1.165) is 0 Å². The summed E-state index contributed by atoms with van der Waals surface area (Å²) in [5.41, 5.74) is 0. The van der Waals surface area contributed by atoms with Gasteiger partial charge in [0.1, 0.15) is 0 Å². The molecule has 0 unspecified atom stereocenters. The summed E-state index contributed by atoms with van der Waals surface area (Å²) in [4.78, 5) is 17.8. The van der Waals surface area contributed by atoms with Gasteiger partial charge in [-0.3, -0.25) is 0 Å². The van der Waals surface area contributed by atoms with E-state index >= 15 is 0 Å². The van der Waals surface area contributed by atoms with Gasteiger partial charge < -0.3 is 10.2 Å². The number of carbonyl (C=O) groups is 2. The van der Waals surface area contributed by atoms with Crippen LogP contribution in [0.2, 0.25) is 0 Å². The van der Waals surface area contributed by atoms with Gasteiger partial charge >= 0.3 is 40.8 Å². The summed E-state index contributed by atoms with van der Waals surface area (Å²) in [6.45, 7) is 0. The van der Waals surface area contributed by atoms with Crippen molar-refractivity contribution in [3.05, 3.63) is 0 Å². The van der Waals surface area contributed by atoms with Crippen molar-refractivity contribution in [2.24, 2.45) is 0 Å². The van der Waals surface area contributed by atoms with Crippen LogP contribution in [0.1, 0.15) is 0 Å². The molecule has 92 valence electrons. The summed E-state index contributed by atoms with van der Waals surface area (Å²) in [7, 11) is 0. The van der Waals surface area contributed by atoms with Crippen LogP contribution in [0.5, 0.6) is 0 Å². The van der Waals surface area contributed by atoms with Gasteiger partial charge in [0.25, 0.3) is 0 Å². The first-order valence-corrected chi connectivity index (χ1v) is 2.49. The molecule has 15 heavy (non-hydrogen) atoms. The first-order chi connectivity index (χ1) is 5.89. The zero-order chi connectivity index (χ0) is 12.2. The minimum absolute atomic E-state index is 0. The van der Waals surface area contributed by atoms with Crippen molar-refractivity contribution in [1.29, 1.82) is 0 Å². The Kier molecular flexibility index (Phi) is 8.46. The second-order valence-electron chi connectivity index (χ2n) is 1.61. The van der Waals surface area contributed by atoms with Crippen molar-refractivity contribution in [3.8, 4) is 0 Å². The van der Waals surface area contributed by atoms with Gasteiger partial charge in [-0.2, -0.15) is 26.3 Å². The number of alkyl halides is 6. The normalized spacial score (nSPS) is 10.5. The average Bonchev–Trinajstić information content (AvgIpc) is 1.83. The van der Waals surface area contributed by atoms with Crippen LogP contribution in [0.15, 0.2) is 0 Å². The first-order valence-electron chi connectivity index (χ1n) is 2.49. The molecule has 0 amide bonds. The molecule has 0 radical (unpaired) electrons. The molecule has 0 rings (SSSR count). The fourth-order valence-corrected chi connectivity index (χ4v) is 0. The molecule has 0 spiro atoms. The van der Waals surface area contributed by atoms with Crippen LogP contribution in [0.3, 0.4) is 0 Å². The minimum Gasteiger partial charge on any atom is -0.475 e. The Balaban J connectivity index is -0.000000180. The molecule has 0 aromatic heterocycles. The summed E-state index contributed by atoms with van der Waals surface area (Å²) in [5.74, 6) is -5.51. The Bertz CT molecular complexity index is 196. The topological polar surface area (TPSA) is 74.6 Å². The van der Waals surface area contributed by atoms with Crippen LogP contribution in [0.25, 0.3) is 0 Å². The van der Waals surface area contributed by atoms with Crippen LogP contribution in [-0.4, -0.2) is 34.5 Å². The van der Waals surface area contributed by atoms with Gasteiger partial charge in [0.05, 0.1) is 0 Å². The molecule has 0 aromatic carbocycles. The van der Waals surface area contributed by atoms with Crippen molar-refractivity contribution in [1.82, 2.24) is 0 Å². The van der Waals surface area contributed by atoms with Crippen LogP contribution >= 0.6 is 0 Å². The van der Waals surface area contributed by atoms with Gasteiger partial charge in [0, 0.05) is 0 Å². The van der Waals surface area contributed by atoms with Crippen molar-refractivity contribution in [2.45, 2.75) is 12.4 Å². The van der Waals surface area contributed by atoms with Crippen molar-refractivity contribution in [2.75, 3.05) is 0 Å². The second kappa shape index (κ2) is 6.49. The monoisotopic (exact) mass is 286 g/mol. The number of aliphatic carboxylic acids is 2. The van der Waals surface area contributed by atoms with Crippen molar-refractivity contribution < 1.29 is 62.6 Å². The molecule has 0 saturated carbocycles. The Morgan fingerprint density at radius 1 is 0.733 bits per heavy atom. The molecule has 0 aliphatic carbocycles. The quantitative estimate of drug-likeness (QED) is 0.519. The van der Waals surface area contributed by atoms with Gasteiger partial charge in [-0.15, -0.1) is 0 Å². The van der Waals surface area contributed by atoms with E-state index in [0.29, 0.717) is 0 Å². The average molecular weight is 287 g/mol. The van der Waals surface area contributed by atoms with Crippen LogP contribution < -0.4 is 0 Å². The predicted molar refractivity (Wildman–Crippen MR) is 27.4 cm³/mol. The molecule has 0 bridgehead atoms. The zero-order valence-corrected chi connectivity index (χ0v) is 7.28. The zero-order valence-electron chi connectivity index (χ0n) is 6.29. The van der Waals surface area contributed by atoms with E-state index in [9.17, 15) is 26.3 Å². The Hall–Kier alpha value is -0.986. The van der Waals surface area contributed by atoms with Crippen molar-refractivity contribution >= 4 is 11.9 Å². The van der Waals surface area contributed by atoms with Gasteiger partial charge in [-0.05, 0) is 0 Å². The summed E-state index contributed by atoms with van der Waals surface area (Å²) in [6.07, 6.45) is -10.2. The van der Waals surface area contributed by atoms with E-state index in [1.54, 1.807) is 0 Å². The molecule has 0 aromatic rings. The summed E-state index contributed by atoms with van der Waals surface area (Å²) >= 11 is 0. The predicted octanol–water partition coefficient (Wildman–Crippen LogP) is 1.26. The van der Waals surface area contributed by atoms with E-state index in [1.165, 1.54) is 0 Å². The summed E-state index contributed by atoms with van der Waals surface area (Å²) in [5, 5.41) is 14.2. The summed E-state index contributed by atoms with van der Waals surface area (Å²) in [6, 6.07) is 0. The van der Waals surface area contributed by atoms with Crippen LogP contribution in [-0.2, 0) is 26.1 Å². The smallest absolute Gasteiger partial charge is 0.475 e. The Labute approximate surface area is 87.8 Å². The maximum Gasteiger partial charge on any atom is 2.00 e. The Morgan fingerprint density at radius 3 is 0.800 bits per heavy atom. The molecule has 0 fully saturated rings. The number of carboxylic acids is 2. The molecule has 4 nitrogen and oxygen atoms in total. The third-order valence-corrected chi connectivity index (χ3v) is 0.485. The van der Waals surface area contributed by atoms with Crippen LogP contribution in [0.4, 0.5) is 26.3 Å². The molecule has 0 atom stereocenters. The van der Waals surface area contributed by atoms with Gasteiger partial charge in [0.2, 0.25) is 0 Å². The maximum absolute atomic E-state index is 10.6. The van der Waals surface area contributed by atoms with Crippen LogP contribution in [0, 0.1) is 0 Å². The van der Waals surface area contributed by atoms with Crippen molar-refractivity contribution in [3.63, 3.8) is 0 Å². The molecule has 2 N–H and O–H groups in total. The van der Waals surface area contributed by atoms with Gasteiger partial charge in [-0.1, -0.05) is 0 Å². The molecular formula is C4H2F6NiO4+2. The number of carboxylic acid groups (broad SMARTS) is 2. The third kappa shape index (κ3) is 13.0. The molecular weight excluding hydrogens is 285 g/mol. The third-order valence-electron chi connectivity index (χ3n) is 0.485. The fourth-order valence-electron chi connectivity index (χ4n) is 0. The minimum atomic E-state index is -5.08. The molecule has 0 saturated heterocycles. The standard InChI is InChI=1S/2C2HF3O2.Ni/c2*3-2(4,5)1(6)7;/h2*(H,6,7);/q;;+2. The van der Waals surface area contributed by atoms with E-state index in [1.807, 2.05) is 0 Å². The molecule has 0 heterocycles. The number of hydrogen-bond acceptors (Lipinski definition) is 2. The Morgan fingerprint density at radius 2 is 0.800 bits per heavy atom. The first kappa shape index (κ1) is 19.6. The maximum atomic E-state index is 10.6. The van der Waals surface area contributed by atoms with E-state index in [-0.39, 0.29) is 16.5 Å². The largest absolute Gasteiger partial charge is 2.00 e. The molecule has 0 aliphatic rings. The number of hydrogen-bond donors (Lipinski definition) is 2. The summed E-state index contributed by atoms with van der Waals surface area (Å²) < 4.78 is 63.5. The van der Waals surface area contributed by atoms with E-state index in [4.69, 9.17) is 19.8 Å². The molecule has 11 heteroatoms. The molecule has 0 aliphatic heterocycles. The fraction of sp³-hybridized carbons (Fsp3) is 0.500. The number of rotatable bonds is 0. The van der Waals surface area contributed by atoms with E-state index < -0.39 is 24.3 Å².